The van der Waals surface area contributed by atoms with Gasteiger partial charge in [0.1, 0.15) is 23.4 Å². The smallest absolute Gasteiger partial charge is 0.410 e. The average molecular weight is 837 g/mol. The van der Waals surface area contributed by atoms with E-state index in [1.165, 1.54) is 23.6 Å². The SMILES string of the molecule is CC(=O)O[C@@H](C(=O)OC1CCN(C(=O)OC(C)(C)C)C[C@@H]1N=[N+]=[N-])c1ccccc1.CC(=O)O[C@@H](C(=O)O[C@@H]1CCN(C(=O)OC(C)(C)C)C[C@H]1N=[N+]=[N-])c1ccccc1. The summed E-state index contributed by atoms with van der Waals surface area (Å²) in [5, 5.41) is 7.37. The molecule has 0 spiro atoms. The first kappa shape index (κ1) is 47.9. The number of rotatable bonds is 10. The van der Waals surface area contributed by atoms with Crippen LogP contribution in [-0.2, 0) is 47.6 Å². The number of nitrogens with zero attached hydrogens (tertiary/aromatic N) is 8. The Morgan fingerprint density at radius 1 is 0.617 bits per heavy atom. The minimum absolute atomic E-state index is 0.0422. The molecule has 0 radical (unpaired) electrons. The number of hydrogen-bond acceptors (Lipinski definition) is 14. The molecule has 2 fully saturated rings. The van der Waals surface area contributed by atoms with E-state index < -0.39 is 83.8 Å². The van der Waals surface area contributed by atoms with Gasteiger partial charge in [-0.1, -0.05) is 70.9 Å². The van der Waals surface area contributed by atoms with E-state index in [4.69, 9.17) is 39.5 Å². The normalized spacial score (nSPS) is 19.8. The number of hydrogen-bond donors (Lipinski definition) is 0. The van der Waals surface area contributed by atoms with Crippen LogP contribution in [-0.4, -0.2) is 108 Å². The highest BCUT2D eigenvalue weighted by Gasteiger charge is 2.39. The van der Waals surface area contributed by atoms with Crippen molar-refractivity contribution in [2.24, 2.45) is 10.2 Å². The average Bonchev–Trinajstić information content (AvgIpc) is 3.17. The molecule has 0 N–H and O–H groups in total. The maximum absolute atomic E-state index is 12.8. The quantitative estimate of drug-likeness (QED) is 0.0767. The highest BCUT2D eigenvalue weighted by atomic mass is 16.6. The number of likely N-dealkylation sites (tertiary alicyclic amines) is 2. The van der Waals surface area contributed by atoms with Crippen molar-refractivity contribution in [2.45, 2.75) is 116 Å². The molecule has 20 heteroatoms. The van der Waals surface area contributed by atoms with Crippen LogP contribution in [0.1, 0.15) is 91.6 Å². The molecule has 1 unspecified atom stereocenters. The highest BCUT2D eigenvalue weighted by Crippen LogP contribution is 2.27. The molecule has 0 aliphatic carbocycles. The van der Waals surface area contributed by atoms with E-state index in [0.717, 1.165) is 0 Å². The molecule has 2 aromatic rings. The second-order valence-electron chi connectivity index (χ2n) is 15.7. The molecule has 2 aromatic carbocycles. The van der Waals surface area contributed by atoms with Gasteiger partial charge < -0.3 is 38.2 Å². The van der Waals surface area contributed by atoms with Gasteiger partial charge in [0.15, 0.2) is 0 Å². The molecule has 0 saturated carbocycles. The van der Waals surface area contributed by atoms with Gasteiger partial charge in [-0.05, 0) is 52.6 Å². The van der Waals surface area contributed by atoms with Gasteiger partial charge in [-0.2, -0.15) is 0 Å². The Balaban J connectivity index is 0.000000320. The van der Waals surface area contributed by atoms with Crippen molar-refractivity contribution in [1.82, 2.24) is 9.80 Å². The zero-order valence-electron chi connectivity index (χ0n) is 35.0. The maximum atomic E-state index is 12.8. The summed E-state index contributed by atoms with van der Waals surface area (Å²) in [6, 6.07) is 15.4. The first-order valence-corrected chi connectivity index (χ1v) is 19.1. The van der Waals surface area contributed by atoms with E-state index in [2.05, 4.69) is 20.1 Å². The van der Waals surface area contributed by atoms with Gasteiger partial charge in [-0.25, -0.2) is 19.2 Å². The lowest BCUT2D eigenvalue weighted by Crippen LogP contribution is -2.51. The van der Waals surface area contributed by atoms with Crippen LogP contribution >= 0.6 is 0 Å². The molecule has 2 saturated heterocycles. The predicted molar refractivity (Wildman–Crippen MR) is 212 cm³/mol. The van der Waals surface area contributed by atoms with Crippen LogP contribution in [0.3, 0.4) is 0 Å². The number of piperidine rings is 2. The second kappa shape index (κ2) is 22.0. The van der Waals surface area contributed by atoms with Crippen LogP contribution in [0.15, 0.2) is 70.9 Å². The standard InChI is InChI=1S/2C20H26N4O6/c2*1-13(25)28-17(14-8-6-5-7-9-14)18(26)29-16-10-11-24(12-15(16)22-23-21)19(27)30-20(2,3)4/h2*5-9,15-17H,10-12H2,1-4H3/t15-,16?,17+;15-,16-,17-/m01/s1. The number of carbonyl (C=O) groups excluding carboxylic acids is 6. The molecule has 6 atom stereocenters. The maximum Gasteiger partial charge on any atom is 0.410 e. The molecule has 2 amide bonds. The van der Waals surface area contributed by atoms with Crippen molar-refractivity contribution in [3.63, 3.8) is 0 Å². The molecule has 2 aliphatic heterocycles. The van der Waals surface area contributed by atoms with Gasteiger partial charge in [0.05, 0.1) is 12.1 Å². The van der Waals surface area contributed by atoms with Crippen molar-refractivity contribution in [3.05, 3.63) is 92.7 Å². The lowest BCUT2D eigenvalue weighted by atomic mass is 10.0. The fraction of sp³-hybridized carbons (Fsp3) is 0.550. The van der Waals surface area contributed by atoms with Crippen LogP contribution in [0, 0.1) is 0 Å². The van der Waals surface area contributed by atoms with Crippen molar-refractivity contribution in [2.75, 3.05) is 26.2 Å². The topological polar surface area (TPSA) is 262 Å². The lowest BCUT2D eigenvalue weighted by Gasteiger charge is -2.37. The summed E-state index contributed by atoms with van der Waals surface area (Å²) >= 11 is 0. The minimum Gasteiger partial charge on any atom is -0.459 e. The lowest BCUT2D eigenvalue weighted by molar-refractivity contribution is -0.173. The Morgan fingerprint density at radius 2 is 0.950 bits per heavy atom. The number of carbonyl (C=O) groups is 6. The Kier molecular flexibility index (Phi) is 17.6. The first-order valence-electron chi connectivity index (χ1n) is 19.1. The number of benzene rings is 2. The van der Waals surface area contributed by atoms with Gasteiger partial charge in [-0.3, -0.25) is 9.59 Å². The Hall–Kier alpha value is -6.52. The van der Waals surface area contributed by atoms with Gasteiger partial charge in [0, 0.05) is 73.8 Å². The molecule has 324 valence electrons. The zero-order chi connectivity index (χ0) is 44.6. The summed E-state index contributed by atoms with van der Waals surface area (Å²) in [6.07, 6.45) is -4.59. The number of azide groups is 2. The number of amides is 2. The van der Waals surface area contributed by atoms with E-state index >= 15 is 0 Å². The Bertz CT molecular complexity index is 1770. The monoisotopic (exact) mass is 836 g/mol. The van der Waals surface area contributed by atoms with Crippen molar-refractivity contribution in [3.8, 4) is 0 Å². The highest BCUT2D eigenvalue weighted by molar-refractivity contribution is 5.81. The van der Waals surface area contributed by atoms with Crippen molar-refractivity contribution in [1.29, 1.82) is 0 Å². The largest absolute Gasteiger partial charge is 0.459 e. The summed E-state index contributed by atoms with van der Waals surface area (Å²) in [5.74, 6) is -2.81. The third kappa shape index (κ3) is 15.7. The van der Waals surface area contributed by atoms with Gasteiger partial charge in [0.2, 0.25) is 12.2 Å². The molecule has 20 nitrogen and oxygen atoms in total. The molecule has 0 aromatic heterocycles. The van der Waals surface area contributed by atoms with Gasteiger partial charge in [-0.15, -0.1) is 0 Å². The molecule has 4 rings (SSSR count). The van der Waals surface area contributed by atoms with Crippen LogP contribution in [0.25, 0.3) is 20.9 Å². The summed E-state index contributed by atoms with van der Waals surface area (Å²) < 4.78 is 32.1. The molecule has 2 heterocycles. The summed E-state index contributed by atoms with van der Waals surface area (Å²) in [6.45, 7) is 13.5. The van der Waals surface area contributed by atoms with E-state index in [0.29, 0.717) is 11.1 Å². The van der Waals surface area contributed by atoms with E-state index in [1.807, 2.05) is 0 Å². The van der Waals surface area contributed by atoms with Crippen LogP contribution in [0.5, 0.6) is 0 Å². The third-order valence-electron chi connectivity index (χ3n) is 8.48. The molecular formula is C40H52N8O12. The van der Waals surface area contributed by atoms with E-state index in [-0.39, 0.29) is 39.0 Å². The first-order chi connectivity index (χ1) is 28.2. The molecule has 0 bridgehead atoms. The summed E-state index contributed by atoms with van der Waals surface area (Å²) in [4.78, 5) is 81.5. The Labute approximate surface area is 347 Å². The Morgan fingerprint density at radius 3 is 1.23 bits per heavy atom. The predicted octanol–water partition coefficient (Wildman–Crippen LogP) is 7.04. The summed E-state index contributed by atoms with van der Waals surface area (Å²) in [7, 11) is 0. The third-order valence-corrected chi connectivity index (χ3v) is 8.48. The summed E-state index contributed by atoms with van der Waals surface area (Å²) in [5.41, 5.74) is 17.4. The van der Waals surface area contributed by atoms with Crippen molar-refractivity contribution >= 4 is 36.1 Å². The van der Waals surface area contributed by atoms with Crippen LogP contribution in [0.2, 0.25) is 0 Å². The zero-order valence-corrected chi connectivity index (χ0v) is 35.0. The van der Waals surface area contributed by atoms with Crippen molar-refractivity contribution < 1.29 is 57.2 Å². The van der Waals surface area contributed by atoms with Crippen LogP contribution in [0.4, 0.5) is 9.59 Å². The van der Waals surface area contributed by atoms with Crippen LogP contribution < -0.4 is 0 Å². The molecule has 60 heavy (non-hydrogen) atoms. The fourth-order valence-electron chi connectivity index (χ4n) is 5.95. The molecular weight excluding hydrogens is 784 g/mol. The number of ether oxygens (including phenoxy) is 6. The van der Waals surface area contributed by atoms with E-state index in [9.17, 15) is 28.8 Å². The minimum atomic E-state index is -1.24. The molecule has 2 aliphatic rings. The van der Waals surface area contributed by atoms with Gasteiger partial charge in [0.25, 0.3) is 0 Å². The second-order valence-corrected chi connectivity index (χ2v) is 15.7. The fourth-order valence-corrected chi connectivity index (χ4v) is 5.95. The van der Waals surface area contributed by atoms with E-state index in [1.54, 1.807) is 102 Å². The number of esters is 4. The van der Waals surface area contributed by atoms with Gasteiger partial charge >= 0.3 is 36.1 Å².